The number of ether oxygens (including phenoxy) is 7. The second kappa shape index (κ2) is 18.0. The van der Waals surface area contributed by atoms with Gasteiger partial charge in [-0.25, -0.2) is 0 Å². The molecule has 4 saturated heterocycles. The van der Waals surface area contributed by atoms with Crippen molar-refractivity contribution in [1.29, 1.82) is 0 Å². The number of hydrogen-bond donors (Lipinski definition) is 14. The lowest BCUT2D eigenvalue weighted by Crippen LogP contribution is -2.70. The predicted octanol–water partition coefficient (Wildman–Crippen LogP) is -9.46. The first kappa shape index (κ1) is 41.9. The van der Waals surface area contributed by atoms with Gasteiger partial charge in [0.1, 0.15) is 97.5 Å². The molecule has 4 aliphatic rings. The summed E-state index contributed by atoms with van der Waals surface area (Å²) in [6.07, 6.45) is -30.6. The molecule has 20 atom stereocenters. The highest BCUT2D eigenvalue weighted by Crippen LogP contribution is 2.33. The molecule has 4 rings (SSSR count). The molecule has 296 valence electrons. The Labute approximate surface area is 289 Å². The second-order valence-corrected chi connectivity index (χ2v) is 12.7. The molecule has 4 heterocycles. The number of aliphatic hydroxyl groups is 12. The van der Waals surface area contributed by atoms with E-state index in [1.54, 1.807) is 0 Å². The molecule has 23 nitrogen and oxygen atoms in total. The molecule has 4 aliphatic heterocycles. The van der Waals surface area contributed by atoms with Crippen molar-refractivity contribution in [1.82, 2.24) is 10.6 Å². The molecule has 0 saturated carbocycles. The minimum Gasteiger partial charge on any atom is -0.394 e. The zero-order chi connectivity index (χ0) is 37.9. The topological polar surface area (TPSA) is 366 Å². The van der Waals surface area contributed by atoms with Crippen molar-refractivity contribution in [2.24, 2.45) is 0 Å². The van der Waals surface area contributed by atoms with Crippen molar-refractivity contribution in [2.45, 2.75) is 137 Å². The molecule has 14 N–H and O–H groups in total. The summed E-state index contributed by atoms with van der Waals surface area (Å²) in [4.78, 5) is 24.1. The van der Waals surface area contributed by atoms with Gasteiger partial charge in [-0.15, -0.1) is 0 Å². The van der Waals surface area contributed by atoms with E-state index in [9.17, 15) is 70.9 Å². The predicted molar refractivity (Wildman–Crippen MR) is 157 cm³/mol. The fourth-order valence-electron chi connectivity index (χ4n) is 6.25. The van der Waals surface area contributed by atoms with Crippen LogP contribution in [0.1, 0.15) is 13.8 Å². The van der Waals surface area contributed by atoms with Gasteiger partial charge in [-0.05, 0) is 0 Å². The van der Waals surface area contributed by atoms with Gasteiger partial charge in [-0.1, -0.05) is 0 Å². The van der Waals surface area contributed by atoms with E-state index >= 15 is 0 Å². The molecular weight excluding hydrogens is 700 g/mol. The van der Waals surface area contributed by atoms with Gasteiger partial charge < -0.3 is 105 Å². The number of carbonyl (C=O) groups is 2. The Balaban J connectivity index is 1.49. The first-order valence-electron chi connectivity index (χ1n) is 16.1. The van der Waals surface area contributed by atoms with Gasteiger partial charge in [-0.3, -0.25) is 9.59 Å². The number of nitrogens with one attached hydrogen (secondary N) is 2. The monoisotopic (exact) mass is 748 g/mol. The van der Waals surface area contributed by atoms with Crippen LogP contribution in [-0.4, -0.2) is 222 Å². The quantitative estimate of drug-likeness (QED) is 0.0881. The molecule has 0 unspecified atom stereocenters. The second-order valence-electron chi connectivity index (χ2n) is 12.7. The smallest absolute Gasteiger partial charge is 0.217 e. The van der Waals surface area contributed by atoms with E-state index < -0.39 is 161 Å². The summed E-state index contributed by atoms with van der Waals surface area (Å²) in [5, 5.41) is 128. The van der Waals surface area contributed by atoms with Crippen LogP contribution < -0.4 is 10.6 Å². The van der Waals surface area contributed by atoms with Crippen LogP contribution in [0.3, 0.4) is 0 Å². The van der Waals surface area contributed by atoms with Gasteiger partial charge in [-0.2, -0.15) is 0 Å². The lowest BCUT2D eigenvalue weighted by molar-refractivity contribution is -0.364. The number of rotatable bonds is 12. The maximum absolute atomic E-state index is 12.2. The summed E-state index contributed by atoms with van der Waals surface area (Å²) < 4.78 is 39.0. The number of amides is 2. The van der Waals surface area contributed by atoms with Gasteiger partial charge in [0, 0.05) is 13.8 Å². The van der Waals surface area contributed by atoms with E-state index in [4.69, 9.17) is 33.2 Å². The fraction of sp³-hybridized carbons (Fsp3) is 0.929. The Bertz CT molecular complexity index is 1140. The van der Waals surface area contributed by atoms with Crippen LogP contribution in [0.5, 0.6) is 0 Å². The first-order valence-corrected chi connectivity index (χ1v) is 16.1. The van der Waals surface area contributed by atoms with E-state index in [0.29, 0.717) is 0 Å². The average molecular weight is 749 g/mol. The third kappa shape index (κ3) is 9.29. The maximum Gasteiger partial charge on any atom is 0.217 e. The Kier molecular flexibility index (Phi) is 14.8. The summed E-state index contributed by atoms with van der Waals surface area (Å²) in [5.41, 5.74) is 0. The van der Waals surface area contributed by atoms with E-state index in [1.165, 1.54) is 0 Å². The fourth-order valence-corrected chi connectivity index (χ4v) is 6.25. The van der Waals surface area contributed by atoms with Gasteiger partial charge in [0.25, 0.3) is 0 Å². The third-order valence-corrected chi connectivity index (χ3v) is 8.99. The van der Waals surface area contributed by atoms with Gasteiger partial charge >= 0.3 is 0 Å². The maximum atomic E-state index is 12.2. The van der Waals surface area contributed by atoms with Crippen LogP contribution in [0.15, 0.2) is 0 Å². The third-order valence-electron chi connectivity index (χ3n) is 8.99. The Morgan fingerprint density at radius 1 is 0.510 bits per heavy atom. The highest BCUT2D eigenvalue weighted by Gasteiger charge is 2.54. The average Bonchev–Trinajstić information content (AvgIpc) is 3.09. The van der Waals surface area contributed by atoms with Crippen LogP contribution >= 0.6 is 0 Å². The molecule has 23 heteroatoms. The van der Waals surface area contributed by atoms with E-state index in [-0.39, 0.29) is 0 Å². The highest BCUT2D eigenvalue weighted by atomic mass is 16.8. The Morgan fingerprint density at radius 2 is 0.961 bits per heavy atom. The lowest BCUT2D eigenvalue weighted by Gasteiger charge is -2.49. The molecule has 0 aromatic carbocycles. The molecule has 4 fully saturated rings. The highest BCUT2D eigenvalue weighted by molar-refractivity contribution is 5.73. The minimum absolute atomic E-state index is 0.648. The molecule has 0 aromatic rings. The first-order chi connectivity index (χ1) is 24.0. The van der Waals surface area contributed by atoms with Crippen LogP contribution in [-0.2, 0) is 42.7 Å². The van der Waals surface area contributed by atoms with Crippen molar-refractivity contribution in [3.8, 4) is 0 Å². The van der Waals surface area contributed by atoms with Crippen molar-refractivity contribution in [3.63, 3.8) is 0 Å². The standard InChI is InChI=1S/C28H48N2O21/c1-7(34)29-13-17(38)15(36)9(3-31)47-26(13)50-23-10(4-32)48-27(14(18(23)39)30-8(2)35)51-24-11(5-33)49-28(22(43)20(24)41)45-6-12-16(37)19(40)21(42)25(44)46-12/h9-28,31-33,36-44H,3-6H2,1-2H3,(H,29,34)(H,30,35)/t9-,10-,11-,12-,13-,14-,15+,16+,17-,18-,19+,20-,21-,22-,23-,24+,25+,26-,27-,28-/m1/s1. The van der Waals surface area contributed by atoms with Crippen LogP contribution in [0.4, 0.5) is 0 Å². The molecular formula is C28H48N2O21. The molecule has 0 radical (unpaired) electrons. The summed E-state index contributed by atoms with van der Waals surface area (Å²) >= 11 is 0. The largest absolute Gasteiger partial charge is 0.394 e. The minimum atomic E-state index is -1.94. The zero-order valence-corrected chi connectivity index (χ0v) is 27.4. The van der Waals surface area contributed by atoms with E-state index in [1.807, 2.05) is 0 Å². The van der Waals surface area contributed by atoms with Crippen molar-refractivity contribution < 1.29 is 104 Å². The van der Waals surface area contributed by atoms with Crippen molar-refractivity contribution in [2.75, 3.05) is 26.4 Å². The lowest BCUT2D eigenvalue weighted by atomic mass is 9.94. The van der Waals surface area contributed by atoms with Crippen LogP contribution in [0.2, 0.25) is 0 Å². The number of aliphatic hydroxyl groups excluding tert-OH is 12. The van der Waals surface area contributed by atoms with Crippen LogP contribution in [0, 0.1) is 0 Å². The molecule has 0 spiro atoms. The van der Waals surface area contributed by atoms with Crippen molar-refractivity contribution in [3.05, 3.63) is 0 Å². The van der Waals surface area contributed by atoms with Gasteiger partial charge in [0.2, 0.25) is 11.8 Å². The van der Waals surface area contributed by atoms with E-state index in [0.717, 1.165) is 13.8 Å². The van der Waals surface area contributed by atoms with Crippen molar-refractivity contribution >= 4 is 11.8 Å². The number of carbonyl (C=O) groups excluding carboxylic acids is 2. The molecule has 0 aliphatic carbocycles. The van der Waals surface area contributed by atoms with Gasteiger partial charge in [0.15, 0.2) is 25.2 Å². The summed E-state index contributed by atoms with van der Waals surface area (Å²) in [7, 11) is 0. The zero-order valence-electron chi connectivity index (χ0n) is 27.4. The SMILES string of the molecule is CC(=O)N[C@H]1[C@@H](O[C@@H]2[C@H](O)[C@@H](O)[C@H](OC[C@H]3O[C@H](O)[C@H](O)[C@@H](O)[C@H]3O)O[C@@H]2CO)O[C@H](CO)[C@@H](O[C@H]2O[C@H](CO)[C@H](O)[C@H](O)[C@H]2NC(C)=O)[C@@H]1O. The Hall–Kier alpha value is -1.82. The Morgan fingerprint density at radius 3 is 1.47 bits per heavy atom. The summed E-state index contributed by atoms with van der Waals surface area (Å²) in [5.74, 6) is -1.41. The summed E-state index contributed by atoms with van der Waals surface area (Å²) in [6, 6.07) is -3.02. The summed E-state index contributed by atoms with van der Waals surface area (Å²) in [6.45, 7) is -1.02. The molecule has 2 amide bonds. The number of hydrogen-bond acceptors (Lipinski definition) is 21. The van der Waals surface area contributed by atoms with Gasteiger partial charge in [0.05, 0.1) is 26.4 Å². The van der Waals surface area contributed by atoms with E-state index in [2.05, 4.69) is 10.6 Å². The molecule has 51 heavy (non-hydrogen) atoms. The normalized spacial score (nSPS) is 47.8. The molecule has 0 aromatic heterocycles. The molecule has 0 bridgehead atoms. The van der Waals surface area contributed by atoms with Crippen LogP contribution in [0.25, 0.3) is 0 Å².